The van der Waals surface area contributed by atoms with Crippen LogP contribution in [0, 0.1) is 0 Å². The Labute approximate surface area is 339 Å². The highest BCUT2D eigenvalue weighted by molar-refractivity contribution is 7.26. The van der Waals surface area contributed by atoms with Crippen LogP contribution in [-0.2, 0) is 0 Å². The van der Waals surface area contributed by atoms with E-state index in [-0.39, 0.29) is 0 Å². The standard InChI is InChI=1S/C54H36N2OS/c1-2-3-4-15-34-55-44-25-13-11-23-42(44)51-45(55)26-17-27-46(51)56(48-28-16-24-41-40-22-12-14-29-50(40)58-54(41)48)47-33-32-39(37-20-9-6-10-21-37)53-52(47)43-31-30-38(35-49(43)57-53)36-18-7-5-8-19-36/h2-35H,1H2/b4-3-,34-15+. The summed E-state index contributed by atoms with van der Waals surface area (Å²) in [6.07, 6.45) is 9.98. The number of hydrogen-bond donors (Lipinski definition) is 0. The second-order valence-electron chi connectivity index (χ2n) is 14.5. The quantitative estimate of drug-likeness (QED) is 0.144. The Bertz CT molecular complexity index is 3420. The van der Waals surface area contributed by atoms with E-state index in [1.807, 2.05) is 23.5 Å². The van der Waals surface area contributed by atoms with Gasteiger partial charge in [-0.1, -0.05) is 146 Å². The fourth-order valence-corrected chi connectivity index (χ4v) is 9.86. The molecule has 0 amide bonds. The molecule has 0 aliphatic heterocycles. The Morgan fingerprint density at radius 1 is 0.500 bits per heavy atom. The van der Waals surface area contributed by atoms with Gasteiger partial charge in [-0.2, -0.15) is 0 Å². The van der Waals surface area contributed by atoms with Gasteiger partial charge in [-0.3, -0.25) is 0 Å². The first-order valence-electron chi connectivity index (χ1n) is 19.5. The molecule has 0 atom stereocenters. The number of fused-ring (bicyclic) bond motifs is 9. The van der Waals surface area contributed by atoms with Crippen molar-refractivity contribution in [1.29, 1.82) is 0 Å². The highest BCUT2D eigenvalue weighted by atomic mass is 32.1. The third-order valence-corrected chi connectivity index (χ3v) is 12.4. The number of para-hydroxylation sites is 1. The number of rotatable bonds is 8. The second kappa shape index (κ2) is 14.0. The van der Waals surface area contributed by atoms with Gasteiger partial charge in [-0.05, 0) is 77.4 Å². The molecule has 0 N–H and O–H groups in total. The predicted octanol–water partition coefficient (Wildman–Crippen LogP) is 16.1. The number of benzene rings is 8. The molecule has 0 spiro atoms. The number of aromatic nitrogens is 1. The lowest BCUT2D eigenvalue weighted by molar-refractivity contribution is 0.670. The molecular weight excluding hydrogens is 725 g/mol. The Morgan fingerprint density at radius 2 is 1.19 bits per heavy atom. The van der Waals surface area contributed by atoms with Crippen LogP contribution in [-0.4, -0.2) is 4.57 Å². The van der Waals surface area contributed by atoms with Crippen molar-refractivity contribution in [3.8, 4) is 22.3 Å². The number of furan rings is 1. The van der Waals surface area contributed by atoms with E-state index in [1.54, 1.807) is 6.08 Å². The maximum atomic E-state index is 7.07. The highest BCUT2D eigenvalue weighted by Crippen LogP contribution is 2.52. The Kier molecular flexibility index (Phi) is 8.16. The first kappa shape index (κ1) is 33.9. The molecule has 8 aromatic carbocycles. The van der Waals surface area contributed by atoms with Gasteiger partial charge in [0.15, 0.2) is 0 Å². The van der Waals surface area contributed by atoms with E-state index in [0.29, 0.717) is 0 Å². The van der Waals surface area contributed by atoms with Gasteiger partial charge in [0.1, 0.15) is 11.2 Å². The number of nitrogens with zero attached hydrogens (tertiary/aromatic N) is 2. The van der Waals surface area contributed by atoms with Gasteiger partial charge < -0.3 is 13.9 Å². The summed E-state index contributed by atoms with van der Waals surface area (Å²) in [5, 5.41) is 7.01. The van der Waals surface area contributed by atoms with E-state index in [2.05, 4.69) is 204 Å². The maximum Gasteiger partial charge on any atom is 0.145 e. The minimum Gasteiger partial charge on any atom is -0.455 e. The average Bonchev–Trinajstić information content (AvgIpc) is 3.96. The molecule has 0 aliphatic carbocycles. The molecule has 3 aromatic heterocycles. The molecule has 11 rings (SSSR count). The largest absolute Gasteiger partial charge is 0.455 e. The molecule has 0 aliphatic rings. The van der Waals surface area contributed by atoms with E-state index in [4.69, 9.17) is 4.42 Å². The van der Waals surface area contributed by atoms with E-state index in [0.717, 1.165) is 72.3 Å². The van der Waals surface area contributed by atoms with Crippen molar-refractivity contribution in [3.63, 3.8) is 0 Å². The summed E-state index contributed by atoms with van der Waals surface area (Å²) in [5.74, 6) is 0. The van der Waals surface area contributed by atoms with Crippen LogP contribution in [0.1, 0.15) is 0 Å². The monoisotopic (exact) mass is 760 g/mol. The Balaban J connectivity index is 1.27. The topological polar surface area (TPSA) is 21.3 Å². The molecule has 0 radical (unpaired) electrons. The lowest BCUT2D eigenvalue weighted by Gasteiger charge is -2.28. The fourth-order valence-electron chi connectivity index (χ4n) is 8.66. The molecule has 58 heavy (non-hydrogen) atoms. The molecule has 0 saturated carbocycles. The Hall–Kier alpha value is -7.40. The lowest BCUT2D eigenvalue weighted by Crippen LogP contribution is -2.11. The van der Waals surface area contributed by atoms with Crippen LogP contribution < -0.4 is 4.90 Å². The normalized spacial score (nSPS) is 12.1. The number of thiophene rings is 1. The number of hydrogen-bond acceptors (Lipinski definition) is 3. The van der Waals surface area contributed by atoms with Crippen LogP contribution >= 0.6 is 11.3 Å². The average molecular weight is 761 g/mol. The van der Waals surface area contributed by atoms with E-state index < -0.39 is 0 Å². The van der Waals surface area contributed by atoms with Crippen molar-refractivity contribution in [2.45, 2.75) is 0 Å². The molecule has 3 nitrogen and oxygen atoms in total. The van der Waals surface area contributed by atoms with Gasteiger partial charge >= 0.3 is 0 Å². The Morgan fingerprint density at radius 3 is 2.03 bits per heavy atom. The summed E-state index contributed by atoms with van der Waals surface area (Å²) in [7, 11) is 0. The van der Waals surface area contributed by atoms with Crippen molar-refractivity contribution < 1.29 is 4.42 Å². The molecule has 4 heteroatoms. The van der Waals surface area contributed by atoms with Gasteiger partial charge in [-0.25, -0.2) is 0 Å². The summed E-state index contributed by atoms with van der Waals surface area (Å²) in [6, 6.07) is 63.2. The van der Waals surface area contributed by atoms with Crippen molar-refractivity contribution in [3.05, 3.63) is 207 Å². The van der Waals surface area contributed by atoms with Crippen LogP contribution in [0.3, 0.4) is 0 Å². The third-order valence-electron chi connectivity index (χ3n) is 11.2. The molecule has 3 heterocycles. The van der Waals surface area contributed by atoms with Gasteiger partial charge in [0.05, 0.1) is 38.2 Å². The zero-order chi connectivity index (χ0) is 38.6. The first-order chi connectivity index (χ1) is 28.8. The maximum absolute atomic E-state index is 7.07. The smallest absolute Gasteiger partial charge is 0.145 e. The summed E-state index contributed by atoms with van der Waals surface area (Å²) >= 11 is 1.85. The molecular formula is C54H36N2OS. The third kappa shape index (κ3) is 5.42. The van der Waals surface area contributed by atoms with Crippen molar-refractivity contribution in [2.75, 3.05) is 4.90 Å². The van der Waals surface area contributed by atoms with E-state index >= 15 is 0 Å². The molecule has 0 bridgehead atoms. The van der Waals surface area contributed by atoms with Crippen LogP contribution in [0.25, 0.3) is 92.4 Å². The molecule has 0 saturated heterocycles. The van der Waals surface area contributed by atoms with Crippen LogP contribution in [0.2, 0.25) is 0 Å². The van der Waals surface area contributed by atoms with Crippen molar-refractivity contribution in [2.24, 2.45) is 0 Å². The molecule has 0 fully saturated rings. The van der Waals surface area contributed by atoms with Crippen LogP contribution in [0.5, 0.6) is 0 Å². The van der Waals surface area contributed by atoms with Gasteiger partial charge in [0, 0.05) is 43.4 Å². The lowest BCUT2D eigenvalue weighted by atomic mass is 9.98. The number of anilines is 3. The van der Waals surface area contributed by atoms with Crippen molar-refractivity contribution >= 4 is 98.5 Å². The zero-order valence-corrected chi connectivity index (χ0v) is 32.4. The zero-order valence-electron chi connectivity index (χ0n) is 31.5. The summed E-state index contributed by atoms with van der Waals surface area (Å²) in [4.78, 5) is 2.50. The highest BCUT2D eigenvalue weighted by Gasteiger charge is 2.27. The first-order valence-corrected chi connectivity index (χ1v) is 20.4. The van der Waals surface area contributed by atoms with Gasteiger partial charge in [0.25, 0.3) is 0 Å². The number of allylic oxidation sites excluding steroid dienone is 4. The second-order valence-corrected chi connectivity index (χ2v) is 15.5. The molecule has 274 valence electrons. The summed E-state index contributed by atoms with van der Waals surface area (Å²) in [6.45, 7) is 3.86. The summed E-state index contributed by atoms with van der Waals surface area (Å²) < 4.78 is 11.9. The van der Waals surface area contributed by atoms with Crippen LogP contribution in [0.4, 0.5) is 17.1 Å². The fraction of sp³-hybridized carbons (Fsp3) is 0. The molecule has 11 aromatic rings. The van der Waals surface area contributed by atoms with Gasteiger partial charge in [0.2, 0.25) is 0 Å². The minimum absolute atomic E-state index is 0.855. The SMILES string of the molecule is C=C/C=C\C=C\n1c2ccccc2c2c(N(c3cccc4c3sc3ccccc34)c3ccc(-c4ccccc4)c4oc5cc(-c6ccccc6)ccc5c34)cccc21. The molecule has 0 unspecified atom stereocenters. The minimum atomic E-state index is 0.855. The van der Waals surface area contributed by atoms with E-state index in [1.165, 1.54) is 30.9 Å². The summed E-state index contributed by atoms with van der Waals surface area (Å²) in [5.41, 5.74) is 11.7. The van der Waals surface area contributed by atoms with Crippen molar-refractivity contribution in [1.82, 2.24) is 4.57 Å². The predicted molar refractivity (Wildman–Crippen MR) is 250 cm³/mol. The van der Waals surface area contributed by atoms with Crippen LogP contribution in [0.15, 0.2) is 211 Å². The van der Waals surface area contributed by atoms with Gasteiger partial charge in [-0.15, -0.1) is 11.3 Å². The van der Waals surface area contributed by atoms with E-state index in [9.17, 15) is 0 Å².